The van der Waals surface area contributed by atoms with E-state index in [0.717, 1.165) is 11.3 Å². The number of fused-ring (bicyclic) bond motifs is 1. The van der Waals surface area contributed by atoms with Gasteiger partial charge in [-0.1, -0.05) is 6.07 Å². The second kappa shape index (κ2) is 4.07. The lowest BCUT2D eigenvalue weighted by Crippen LogP contribution is -2.36. The zero-order valence-electron chi connectivity index (χ0n) is 11.1. The Bertz CT molecular complexity index is 651. The number of anilines is 1. The maximum atomic E-state index is 12.1. The third kappa shape index (κ3) is 2.06. The van der Waals surface area contributed by atoms with Crippen LogP contribution < -0.4 is 4.90 Å². The normalized spacial score (nSPS) is 28.7. The molecular weight excluding hydrogens is 262 g/mol. The van der Waals surface area contributed by atoms with E-state index in [1.165, 1.54) is 5.56 Å². The molecule has 19 heavy (non-hydrogen) atoms. The predicted octanol–water partition coefficient (Wildman–Crippen LogP) is 1.45. The minimum absolute atomic E-state index is 0.0286. The molecule has 2 unspecified atom stereocenters. The largest absolute Gasteiger partial charge is 0.308 e. The SMILES string of the molecule is Cc1ccc(N2C(=O)CC3CS(=O)(=O)CC32)cc1C. The number of sulfone groups is 1. The molecule has 2 heterocycles. The van der Waals surface area contributed by atoms with Gasteiger partial charge >= 0.3 is 0 Å². The van der Waals surface area contributed by atoms with Crippen LogP contribution in [0.1, 0.15) is 17.5 Å². The van der Waals surface area contributed by atoms with E-state index in [2.05, 4.69) is 0 Å². The van der Waals surface area contributed by atoms with E-state index in [1.807, 2.05) is 32.0 Å². The van der Waals surface area contributed by atoms with Gasteiger partial charge in [-0.15, -0.1) is 0 Å². The highest BCUT2D eigenvalue weighted by atomic mass is 32.2. The predicted molar refractivity (Wildman–Crippen MR) is 74.0 cm³/mol. The molecule has 0 radical (unpaired) electrons. The number of benzene rings is 1. The molecule has 1 aromatic carbocycles. The molecule has 0 spiro atoms. The molecule has 0 aliphatic carbocycles. The summed E-state index contributed by atoms with van der Waals surface area (Å²) in [6.07, 6.45) is 0.358. The van der Waals surface area contributed by atoms with E-state index >= 15 is 0 Å². The number of carbonyl (C=O) groups is 1. The fourth-order valence-electron chi connectivity index (χ4n) is 3.10. The van der Waals surface area contributed by atoms with Crippen molar-refractivity contribution < 1.29 is 13.2 Å². The summed E-state index contributed by atoms with van der Waals surface area (Å²) < 4.78 is 23.4. The Labute approximate surface area is 113 Å². The summed E-state index contributed by atoms with van der Waals surface area (Å²) in [5.41, 5.74) is 3.12. The number of carbonyl (C=O) groups excluding carboxylic acids is 1. The first-order chi connectivity index (χ1) is 8.87. The molecule has 0 saturated carbocycles. The molecule has 2 atom stereocenters. The van der Waals surface area contributed by atoms with Gasteiger partial charge in [0.15, 0.2) is 9.84 Å². The first kappa shape index (κ1) is 12.7. The summed E-state index contributed by atoms with van der Waals surface area (Å²) >= 11 is 0. The van der Waals surface area contributed by atoms with Gasteiger partial charge in [0.25, 0.3) is 0 Å². The number of hydrogen-bond donors (Lipinski definition) is 0. The number of hydrogen-bond acceptors (Lipinski definition) is 3. The number of amides is 1. The van der Waals surface area contributed by atoms with Crippen LogP contribution >= 0.6 is 0 Å². The Hall–Kier alpha value is -1.36. The molecule has 2 aliphatic rings. The standard InChI is InChI=1S/C14H17NO3S/c1-9-3-4-12(5-10(9)2)15-13-8-19(17,18)7-11(13)6-14(15)16/h3-5,11,13H,6-8H2,1-2H3. The Balaban J connectivity index is 1.99. The lowest BCUT2D eigenvalue weighted by molar-refractivity contribution is -0.117. The highest BCUT2D eigenvalue weighted by Gasteiger charge is 2.49. The van der Waals surface area contributed by atoms with E-state index in [0.29, 0.717) is 6.42 Å². The maximum absolute atomic E-state index is 12.1. The maximum Gasteiger partial charge on any atom is 0.227 e. The summed E-state index contributed by atoms with van der Waals surface area (Å²) in [7, 11) is -2.98. The van der Waals surface area contributed by atoms with Gasteiger partial charge in [-0.3, -0.25) is 4.79 Å². The smallest absolute Gasteiger partial charge is 0.227 e. The second-order valence-corrected chi connectivity index (χ2v) is 7.79. The fourth-order valence-corrected chi connectivity index (χ4v) is 5.17. The highest BCUT2D eigenvalue weighted by molar-refractivity contribution is 7.91. The van der Waals surface area contributed by atoms with E-state index in [4.69, 9.17) is 0 Å². The van der Waals surface area contributed by atoms with Crippen molar-refractivity contribution in [2.45, 2.75) is 26.3 Å². The average molecular weight is 279 g/mol. The van der Waals surface area contributed by atoms with Gasteiger partial charge in [0.2, 0.25) is 5.91 Å². The first-order valence-corrected chi connectivity index (χ1v) is 8.29. The Morgan fingerprint density at radius 3 is 2.58 bits per heavy atom. The highest BCUT2D eigenvalue weighted by Crippen LogP contribution is 2.37. The third-order valence-electron chi connectivity index (χ3n) is 4.24. The average Bonchev–Trinajstić information content (AvgIpc) is 2.73. The minimum Gasteiger partial charge on any atom is -0.308 e. The van der Waals surface area contributed by atoms with Crippen molar-refractivity contribution >= 4 is 21.4 Å². The Morgan fingerprint density at radius 1 is 1.16 bits per heavy atom. The Kier molecular flexibility index (Phi) is 2.71. The summed E-state index contributed by atoms with van der Waals surface area (Å²) in [6, 6.07) is 5.70. The zero-order valence-corrected chi connectivity index (χ0v) is 11.9. The molecule has 1 aromatic rings. The van der Waals surface area contributed by atoms with E-state index in [9.17, 15) is 13.2 Å². The second-order valence-electron chi connectivity index (χ2n) is 5.64. The van der Waals surface area contributed by atoms with Crippen LogP contribution in [0.2, 0.25) is 0 Å². The van der Waals surface area contributed by atoms with Gasteiger partial charge in [0, 0.05) is 18.0 Å². The monoisotopic (exact) mass is 279 g/mol. The number of nitrogens with zero attached hydrogens (tertiary/aromatic N) is 1. The van der Waals surface area contributed by atoms with Crippen LogP contribution in [0.4, 0.5) is 5.69 Å². The van der Waals surface area contributed by atoms with E-state index < -0.39 is 9.84 Å². The van der Waals surface area contributed by atoms with Crippen molar-refractivity contribution in [3.8, 4) is 0 Å². The van der Waals surface area contributed by atoms with Crippen LogP contribution in [0.25, 0.3) is 0 Å². The lowest BCUT2D eigenvalue weighted by atomic mass is 10.0. The van der Waals surface area contributed by atoms with Crippen molar-refractivity contribution in [1.82, 2.24) is 0 Å². The molecule has 5 heteroatoms. The van der Waals surface area contributed by atoms with E-state index in [-0.39, 0.29) is 29.4 Å². The topological polar surface area (TPSA) is 54.5 Å². The van der Waals surface area contributed by atoms with Gasteiger partial charge in [-0.05, 0) is 37.1 Å². The van der Waals surface area contributed by atoms with Crippen LogP contribution in [-0.2, 0) is 14.6 Å². The van der Waals surface area contributed by atoms with Crippen molar-refractivity contribution in [1.29, 1.82) is 0 Å². The van der Waals surface area contributed by atoms with Gasteiger partial charge in [0.1, 0.15) is 0 Å². The molecule has 4 nitrogen and oxygen atoms in total. The van der Waals surface area contributed by atoms with Crippen LogP contribution in [0.3, 0.4) is 0 Å². The Morgan fingerprint density at radius 2 is 1.89 bits per heavy atom. The van der Waals surface area contributed by atoms with Crippen molar-refractivity contribution in [3.05, 3.63) is 29.3 Å². The third-order valence-corrected chi connectivity index (χ3v) is 6.03. The number of aryl methyl sites for hydroxylation is 2. The number of rotatable bonds is 1. The molecule has 2 aliphatic heterocycles. The quantitative estimate of drug-likeness (QED) is 0.782. The van der Waals surface area contributed by atoms with Crippen molar-refractivity contribution in [3.63, 3.8) is 0 Å². The molecular formula is C14H17NO3S. The molecule has 2 fully saturated rings. The van der Waals surface area contributed by atoms with Gasteiger partial charge in [-0.2, -0.15) is 0 Å². The van der Waals surface area contributed by atoms with Crippen LogP contribution in [0, 0.1) is 19.8 Å². The zero-order chi connectivity index (χ0) is 13.8. The minimum atomic E-state index is -2.98. The molecule has 3 rings (SSSR count). The van der Waals surface area contributed by atoms with Crippen LogP contribution in [-0.4, -0.2) is 31.9 Å². The summed E-state index contributed by atoms with van der Waals surface area (Å²) in [6.45, 7) is 4.02. The molecule has 1 amide bonds. The first-order valence-electron chi connectivity index (χ1n) is 6.47. The van der Waals surface area contributed by atoms with E-state index in [1.54, 1.807) is 4.90 Å². The summed E-state index contributed by atoms with van der Waals surface area (Å²) in [5, 5.41) is 0. The van der Waals surface area contributed by atoms with Gasteiger partial charge in [0.05, 0.1) is 17.5 Å². The summed E-state index contributed by atoms with van der Waals surface area (Å²) in [5.74, 6) is 0.286. The van der Waals surface area contributed by atoms with Gasteiger partial charge < -0.3 is 4.90 Å². The molecule has 0 N–H and O–H groups in total. The van der Waals surface area contributed by atoms with Crippen LogP contribution in [0.15, 0.2) is 18.2 Å². The van der Waals surface area contributed by atoms with Gasteiger partial charge in [-0.25, -0.2) is 8.42 Å². The van der Waals surface area contributed by atoms with Crippen molar-refractivity contribution in [2.75, 3.05) is 16.4 Å². The van der Waals surface area contributed by atoms with Crippen LogP contribution in [0.5, 0.6) is 0 Å². The molecule has 2 saturated heterocycles. The molecule has 102 valence electrons. The summed E-state index contributed by atoms with van der Waals surface area (Å²) in [4.78, 5) is 13.8. The fraction of sp³-hybridized carbons (Fsp3) is 0.500. The molecule has 0 bridgehead atoms. The van der Waals surface area contributed by atoms with Crippen molar-refractivity contribution in [2.24, 2.45) is 5.92 Å². The lowest BCUT2D eigenvalue weighted by Gasteiger charge is -2.24. The molecule has 0 aromatic heterocycles.